The fraction of sp³-hybridized carbons (Fsp3) is 0.571. The topological polar surface area (TPSA) is 35.2 Å². The standard InChI is InChI=1S/C14H18F3NO/c1-19-13(6-3-7-13)12(18)9-10-4-2-5-11(8-10)14(15,16)17/h2,4-5,8,12H,3,6-7,9,18H2,1H3. The van der Waals surface area contributed by atoms with Crippen molar-refractivity contribution in [1.82, 2.24) is 0 Å². The first-order valence-corrected chi connectivity index (χ1v) is 6.34. The zero-order chi connectivity index (χ0) is 14.1. The van der Waals surface area contributed by atoms with Gasteiger partial charge in [0.2, 0.25) is 0 Å². The number of methoxy groups -OCH3 is 1. The molecule has 2 rings (SSSR count). The first-order chi connectivity index (χ1) is 8.87. The summed E-state index contributed by atoms with van der Waals surface area (Å²) in [6, 6.07) is 5.07. The average Bonchev–Trinajstić information content (AvgIpc) is 2.27. The van der Waals surface area contributed by atoms with Gasteiger partial charge in [0.25, 0.3) is 0 Å². The highest BCUT2D eigenvalue weighted by Crippen LogP contribution is 2.38. The lowest BCUT2D eigenvalue weighted by Gasteiger charge is -2.45. The Morgan fingerprint density at radius 2 is 2.05 bits per heavy atom. The summed E-state index contributed by atoms with van der Waals surface area (Å²) in [6.45, 7) is 0. The van der Waals surface area contributed by atoms with E-state index < -0.39 is 11.7 Å². The molecule has 106 valence electrons. The predicted molar refractivity (Wildman–Crippen MR) is 66.7 cm³/mol. The molecule has 1 aromatic carbocycles. The summed E-state index contributed by atoms with van der Waals surface area (Å²) in [5, 5.41) is 0. The Bertz CT molecular complexity index is 435. The second-order valence-corrected chi connectivity index (χ2v) is 5.13. The van der Waals surface area contributed by atoms with Gasteiger partial charge in [-0.3, -0.25) is 0 Å². The first kappa shape index (κ1) is 14.3. The third-order valence-corrected chi connectivity index (χ3v) is 3.99. The van der Waals surface area contributed by atoms with Crippen molar-refractivity contribution in [3.8, 4) is 0 Å². The largest absolute Gasteiger partial charge is 0.416 e. The van der Waals surface area contributed by atoms with E-state index in [4.69, 9.17) is 10.5 Å². The van der Waals surface area contributed by atoms with E-state index in [1.807, 2.05) is 0 Å². The molecule has 0 aliphatic heterocycles. The fourth-order valence-electron chi connectivity index (χ4n) is 2.57. The molecule has 1 atom stereocenters. The van der Waals surface area contributed by atoms with Gasteiger partial charge in [-0.1, -0.05) is 18.2 Å². The van der Waals surface area contributed by atoms with Crippen LogP contribution in [-0.4, -0.2) is 18.8 Å². The molecule has 1 fully saturated rings. The molecule has 1 aromatic rings. The molecule has 0 aromatic heterocycles. The molecule has 1 unspecified atom stereocenters. The molecule has 0 amide bonds. The number of hydrogen-bond acceptors (Lipinski definition) is 2. The Morgan fingerprint density at radius 3 is 2.53 bits per heavy atom. The van der Waals surface area contributed by atoms with E-state index in [9.17, 15) is 13.2 Å². The van der Waals surface area contributed by atoms with E-state index in [-0.39, 0.29) is 11.6 Å². The van der Waals surface area contributed by atoms with Gasteiger partial charge in [0.1, 0.15) is 0 Å². The second kappa shape index (κ2) is 5.13. The number of alkyl halides is 3. The molecule has 1 aliphatic rings. The lowest BCUT2D eigenvalue weighted by molar-refractivity contribution is -0.137. The maximum atomic E-state index is 12.6. The van der Waals surface area contributed by atoms with Gasteiger partial charge in [-0.15, -0.1) is 0 Å². The molecule has 5 heteroatoms. The van der Waals surface area contributed by atoms with E-state index >= 15 is 0 Å². The number of benzene rings is 1. The first-order valence-electron chi connectivity index (χ1n) is 6.34. The molecular weight excluding hydrogens is 255 g/mol. The highest BCUT2D eigenvalue weighted by Gasteiger charge is 2.42. The van der Waals surface area contributed by atoms with Crippen LogP contribution in [0.4, 0.5) is 13.2 Å². The minimum atomic E-state index is -4.31. The monoisotopic (exact) mass is 273 g/mol. The fourth-order valence-corrected chi connectivity index (χ4v) is 2.57. The van der Waals surface area contributed by atoms with Gasteiger partial charge in [0, 0.05) is 13.2 Å². The van der Waals surface area contributed by atoms with Crippen molar-refractivity contribution in [2.75, 3.05) is 7.11 Å². The van der Waals surface area contributed by atoms with E-state index in [0.29, 0.717) is 12.0 Å². The Kier molecular flexibility index (Phi) is 3.87. The summed E-state index contributed by atoms with van der Waals surface area (Å²) < 4.78 is 43.3. The number of ether oxygens (including phenoxy) is 1. The third-order valence-electron chi connectivity index (χ3n) is 3.99. The van der Waals surface area contributed by atoms with Crippen molar-refractivity contribution < 1.29 is 17.9 Å². The molecule has 1 saturated carbocycles. The quantitative estimate of drug-likeness (QED) is 0.914. The van der Waals surface area contributed by atoms with Gasteiger partial charge in [0.15, 0.2) is 0 Å². The molecule has 0 radical (unpaired) electrons. The van der Waals surface area contributed by atoms with Crippen LogP contribution in [0.25, 0.3) is 0 Å². The Hall–Kier alpha value is -1.07. The van der Waals surface area contributed by atoms with Crippen molar-refractivity contribution in [3.63, 3.8) is 0 Å². The number of hydrogen-bond donors (Lipinski definition) is 1. The summed E-state index contributed by atoms with van der Waals surface area (Å²) in [5.74, 6) is 0. The highest BCUT2D eigenvalue weighted by molar-refractivity contribution is 5.27. The summed E-state index contributed by atoms with van der Waals surface area (Å²) in [5.41, 5.74) is 5.73. The third kappa shape index (κ3) is 2.92. The molecule has 2 nitrogen and oxygen atoms in total. The van der Waals surface area contributed by atoms with Crippen molar-refractivity contribution in [3.05, 3.63) is 35.4 Å². The number of rotatable bonds is 4. The Balaban J connectivity index is 2.11. The van der Waals surface area contributed by atoms with Gasteiger partial charge in [-0.05, 0) is 37.3 Å². The van der Waals surface area contributed by atoms with Crippen LogP contribution in [0.5, 0.6) is 0 Å². The van der Waals surface area contributed by atoms with Crippen molar-refractivity contribution in [1.29, 1.82) is 0 Å². The predicted octanol–water partition coefficient (Wildman–Crippen LogP) is 3.14. The normalized spacial score (nSPS) is 19.8. The molecule has 1 aliphatic carbocycles. The molecule has 2 N–H and O–H groups in total. The molecule has 0 bridgehead atoms. The Labute approximate surface area is 110 Å². The summed E-state index contributed by atoms with van der Waals surface area (Å²) >= 11 is 0. The van der Waals surface area contributed by atoms with Crippen molar-refractivity contribution >= 4 is 0 Å². The van der Waals surface area contributed by atoms with Crippen molar-refractivity contribution in [2.45, 2.75) is 43.5 Å². The number of halogens is 3. The SMILES string of the molecule is COC1(C(N)Cc2cccc(C(F)(F)F)c2)CCC1. The van der Waals surface area contributed by atoms with Gasteiger partial charge in [0.05, 0.1) is 11.2 Å². The lowest BCUT2D eigenvalue weighted by Crippen LogP contribution is -2.55. The van der Waals surface area contributed by atoms with Gasteiger partial charge >= 0.3 is 6.18 Å². The zero-order valence-corrected chi connectivity index (χ0v) is 10.8. The Morgan fingerprint density at radius 1 is 1.37 bits per heavy atom. The average molecular weight is 273 g/mol. The van der Waals surface area contributed by atoms with Crippen LogP contribution in [0.3, 0.4) is 0 Å². The van der Waals surface area contributed by atoms with Crippen LogP contribution in [0.15, 0.2) is 24.3 Å². The van der Waals surface area contributed by atoms with Crippen LogP contribution < -0.4 is 5.73 Å². The zero-order valence-electron chi connectivity index (χ0n) is 10.8. The smallest absolute Gasteiger partial charge is 0.377 e. The van der Waals surface area contributed by atoms with Gasteiger partial charge in [-0.2, -0.15) is 13.2 Å². The van der Waals surface area contributed by atoms with Crippen LogP contribution >= 0.6 is 0 Å². The maximum absolute atomic E-state index is 12.6. The molecule has 0 heterocycles. The summed E-state index contributed by atoms with van der Waals surface area (Å²) in [7, 11) is 1.62. The molecular formula is C14H18F3NO. The highest BCUT2D eigenvalue weighted by atomic mass is 19.4. The van der Waals surface area contributed by atoms with Crippen LogP contribution in [0.1, 0.15) is 30.4 Å². The number of nitrogens with two attached hydrogens (primary N) is 1. The summed E-state index contributed by atoms with van der Waals surface area (Å²) in [4.78, 5) is 0. The molecule has 0 saturated heterocycles. The molecule has 19 heavy (non-hydrogen) atoms. The van der Waals surface area contributed by atoms with Crippen LogP contribution in [-0.2, 0) is 17.3 Å². The summed E-state index contributed by atoms with van der Waals surface area (Å²) in [6.07, 6.45) is -1.09. The van der Waals surface area contributed by atoms with Gasteiger partial charge in [-0.25, -0.2) is 0 Å². The van der Waals surface area contributed by atoms with E-state index in [1.54, 1.807) is 13.2 Å². The minimum absolute atomic E-state index is 0.269. The molecule has 0 spiro atoms. The maximum Gasteiger partial charge on any atom is 0.416 e. The van der Waals surface area contributed by atoms with E-state index in [0.717, 1.165) is 25.3 Å². The van der Waals surface area contributed by atoms with E-state index in [2.05, 4.69) is 0 Å². The second-order valence-electron chi connectivity index (χ2n) is 5.13. The van der Waals surface area contributed by atoms with Crippen LogP contribution in [0.2, 0.25) is 0 Å². The van der Waals surface area contributed by atoms with Gasteiger partial charge < -0.3 is 10.5 Å². The van der Waals surface area contributed by atoms with Crippen LogP contribution in [0, 0.1) is 0 Å². The lowest BCUT2D eigenvalue weighted by atomic mass is 9.73. The van der Waals surface area contributed by atoms with E-state index in [1.165, 1.54) is 12.1 Å². The van der Waals surface area contributed by atoms with Crippen molar-refractivity contribution in [2.24, 2.45) is 5.73 Å². The minimum Gasteiger partial charge on any atom is -0.377 e.